The van der Waals surface area contributed by atoms with Crippen LogP contribution in [0.3, 0.4) is 0 Å². The van der Waals surface area contributed by atoms with Crippen molar-refractivity contribution in [3.05, 3.63) is 30.1 Å². The van der Waals surface area contributed by atoms with Gasteiger partial charge in [0.2, 0.25) is 0 Å². The van der Waals surface area contributed by atoms with Gasteiger partial charge in [-0.05, 0) is 37.7 Å². The molecule has 1 aliphatic rings. The Bertz CT molecular complexity index is 485. The van der Waals surface area contributed by atoms with Crippen LogP contribution in [-0.2, 0) is 0 Å². The minimum atomic E-state index is -0.807. The van der Waals surface area contributed by atoms with Crippen molar-refractivity contribution in [1.29, 1.82) is 0 Å². The highest BCUT2D eigenvalue weighted by Gasteiger charge is 2.27. The van der Waals surface area contributed by atoms with Crippen LogP contribution < -0.4 is 4.90 Å². The van der Waals surface area contributed by atoms with Crippen LogP contribution in [0.25, 0.3) is 0 Å². The molecule has 0 aromatic carbocycles. The number of hydrogen-bond donors (Lipinski definition) is 2. The molecule has 2 heterocycles. The predicted octanol–water partition coefficient (Wildman–Crippen LogP) is 1.75. The fourth-order valence-corrected chi connectivity index (χ4v) is 3.02. The number of rotatable bonds is 4. The van der Waals surface area contributed by atoms with Gasteiger partial charge < -0.3 is 10.0 Å². The smallest absolute Gasteiger partial charge is 0.139 e. The van der Waals surface area contributed by atoms with Crippen molar-refractivity contribution in [3.8, 4) is 11.8 Å². The topological polar surface area (TPSA) is 37.6 Å². The maximum atomic E-state index is 10.2. The van der Waals surface area contributed by atoms with Gasteiger partial charge in [-0.2, -0.15) is 0 Å². The quantitative estimate of drug-likeness (QED) is 0.828. The monoisotopic (exact) mass is 287 g/mol. The second-order valence-corrected chi connectivity index (χ2v) is 5.96. The molecule has 21 heavy (non-hydrogen) atoms. The molecule has 1 aliphatic heterocycles. The first-order valence-corrected chi connectivity index (χ1v) is 8.15. The summed E-state index contributed by atoms with van der Waals surface area (Å²) < 4.78 is 0. The molecule has 2 N–H and O–H groups in total. The summed E-state index contributed by atoms with van der Waals surface area (Å²) in [5.41, 5.74) is 0.509. The van der Waals surface area contributed by atoms with E-state index in [-0.39, 0.29) is 0 Å². The van der Waals surface area contributed by atoms with Gasteiger partial charge in [0.1, 0.15) is 18.2 Å². The van der Waals surface area contributed by atoms with Crippen molar-refractivity contribution in [3.63, 3.8) is 0 Å². The van der Waals surface area contributed by atoms with E-state index in [1.165, 1.54) is 29.7 Å². The van der Waals surface area contributed by atoms with Crippen LogP contribution >= 0.6 is 0 Å². The first-order valence-electron chi connectivity index (χ1n) is 8.15. The Hall–Kier alpha value is -1.37. The minimum absolute atomic E-state index is 0.498. The molecule has 1 aromatic heterocycles. The van der Waals surface area contributed by atoms with Crippen molar-refractivity contribution >= 4 is 0 Å². The lowest BCUT2D eigenvalue weighted by atomic mass is 9.96. The molecule has 2 rings (SSSR count). The van der Waals surface area contributed by atoms with Crippen LogP contribution in [0.1, 0.15) is 57.6 Å². The average Bonchev–Trinajstić information content (AvgIpc) is 2.56. The predicted molar refractivity (Wildman–Crippen MR) is 84.8 cm³/mol. The molecule has 1 unspecified atom stereocenters. The summed E-state index contributed by atoms with van der Waals surface area (Å²) in [5.74, 6) is 6.32. The van der Waals surface area contributed by atoms with E-state index in [1.54, 1.807) is 0 Å². The van der Waals surface area contributed by atoms with E-state index in [2.05, 4.69) is 22.9 Å². The van der Waals surface area contributed by atoms with Crippen molar-refractivity contribution in [2.24, 2.45) is 0 Å². The van der Waals surface area contributed by atoms with Gasteiger partial charge >= 0.3 is 0 Å². The summed E-state index contributed by atoms with van der Waals surface area (Å²) in [6.45, 7) is 5.95. The number of aromatic nitrogens is 1. The van der Waals surface area contributed by atoms with Gasteiger partial charge in [-0.15, -0.1) is 0 Å². The highest BCUT2D eigenvalue weighted by molar-refractivity contribution is 5.14. The average molecular weight is 287 g/mol. The van der Waals surface area contributed by atoms with Gasteiger partial charge in [0.15, 0.2) is 0 Å². The van der Waals surface area contributed by atoms with Gasteiger partial charge in [-0.3, -0.25) is 4.98 Å². The molecule has 3 heteroatoms. The van der Waals surface area contributed by atoms with Crippen molar-refractivity contribution in [2.45, 2.75) is 57.6 Å². The van der Waals surface area contributed by atoms with E-state index in [9.17, 15) is 5.11 Å². The summed E-state index contributed by atoms with van der Waals surface area (Å²) in [7, 11) is 0. The van der Waals surface area contributed by atoms with Gasteiger partial charge in [-0.1, -0.05) is 25.8 Å². The summed E-state index contributed by atoms with van der Waals surface area (Å²) in [6, 6.07) is 4.68. The minimum Gasteiger partial charge on any atom is -0.378 e. The Morgan fingerprint density at radius 2 is 2.19 bits per heavy atom. The molecule has 0 amide bonds. The summed E-state index contributed by atoms with van der Waals surface area (Å²) in [5, 5.41) is 10.2. The Kier molecular flexibility index (Phi) is 5.78. The normalized spacial score (nSPS) is 22.4. The van der Waals surface area contributed by atoms with E-state index in [1.807, 2.05) is 32.3 Å². The second-order valence-electron chi connectivity index (χ2n) is 5.96. The Morgan fingerprint density at radius 1 is 1.38 bits per heavy atom. The highest BCUT2D eigenvalue weighted by Crippen LogP contribution is 2.18. The zero-order valence-corrected chi connectivity index (χ0v) is 13.2. The maximum Gasteiger partial charge on any atom is 0.139 e. The molecule has 3 nitrogen and oxygen atoms in total. The van der Waals surface area contributed by atoms with Crippen molar-refractivity contribution < 1.29 is 10.0 Å². The number of piperidine rings is 1. The van der Waals surface area contributed by atoms with E-state index in [0.717, 1.165) is 13.1 Å². The third-order valence-electron chi connectivity index (χ3n) is 4.63. The number of hydrogen-bond acceptors (Lipinski definition) is 2. The molecule has 0 saturated carbocycles. The molecule has 1 fully saturated rings. The van der Waals surface area contributed by atoms with E-state index >= 15 is 0 Å². The fraction of sp³-hybridized carbons (Fsp3) is 0.611. The summed E-state index contributed by atoms with van der Waals surface area (Å²) in [6.07, 6.45) is 8.94. The molecule has 0 spiro atoms. The zero-order chi connectivity index (χ0) is 15.1. The number of nitrogens with one attached hydrogen (secondary N) is 1. The largest absolute Gasteiger partial charge is 0.378 e. The van der Waals surface area contributed by atoms with E-state index < -0.39 is 5.60 Å². The lowest BCUT2D eigenvalue weighted by Crippen LogP contribution is -3.13. The molecular weight excluding hydrogens is 260 g/mol. The molecule has 2 atom stereocenters. The summed E-state index contributed by atoms with van der Waals surface area (Å²) in [4.78, 5) is 5.76. The van der Waals surface area contributed by atoms with Crippen LogP contribution in [-0.4, -0.2) is 28.8 Å². The lowest BCUT2D eigenvalue weighted by Gasteiger charge is -2.31. The van der Waals surface area contributed by atoms with Gasteiger partial charge in [0, 0.05) is 24.4 Å². The van der Waals surface area contributed by atoms with Gasteiger partial charge in [0.25, 0.3) is 0 Å². The van der Waals surface area contributed by atoms with Gasteiger partial charge in [0.05, 0.1) is 6.54 Å². The number of quaternary nitrogens is 1. The van der Waals surface area contributed by atoms with E-state index in [4.69, 9.17) is 0 Å². The second kappa shape index (κ2) is 7.59. The molecular formula is C18H27N2O+. The zero-order valence-electron chi connectivity index (χ0n) is 13.2. The van der Waals surface area contributed by atoms with Crippen LogP contribution in [0.4, 0.5) is 0 Å². The van der Waals surface area contributed by atoms with Crippen LogP contribution in [0, 0.1) is 11.8 Å². The first-order chi connectivity index (χ1) is 10.2. The van der Waals surface area contributed by atoms with Crippen LogP contribution in [0.5, 0.6) is 0 Å². The van der Waals surface area contributed by atoms with Crippen LogP contribution in [0.2, 0.25) is 0 Å². The van der Waals surface area contributed by atoms with Gasteiger partial charge in [-0.25, -0.2) is 0 Å². The standard InChI is InChI=1S/C18H26N2O/c1-3-18(21,4-2)11-8-14-20-13-6-5-10-17(20)16-9-7-12-19-15-16/h7,9,12,15,17,21H,3-6,10,13-14H2,1-2H3/p+1/t17-/m1/s1. The fourth-order valence-electron chi connectivity index (χ4n) is 3.02. The first kappa shape index (κ1) is 16.0. The molecule has 114 valence electrons. The number of likely N-dealkylation sites (tertiary alicyclic amines) is 1. The lowest BCUT2D eigenvalue weighted by molar-refractivity contribution is -0.930. The number of pyridine rings is 1. The van der Waals surface area contributed by atoms with E-state index in [0.29, 0.717) is 18.9 Å². The maximum absolute atomic E-state index is 10.2. The SMILES string of the molecule is CCC(O)(C#CC[NH+]1CCCC[C@@H]1c1cccnc1)CC. The molecule has 1 aromatic rings. The molecule has 0 bridgehead atoms. The highest BCUT2D eigenvalue weighted by atomic mass is 16.3. The Balaban J connectivity index is 2.05. The molecule has 0 aliphatic carbocycles. The molecule has 0 radical (unpaired) electrons. The number of aliphatic hydroxyl groups is 1. The number of nitrogens with zero attached hydrogens (tertiary/aromatic N) is 1. The van der Waals surface area contributed by atoms with Crippen molar-refractivity contribution in [1.82, 2.24) is 4.98 Å². The third kappa shape index (κ3) is 4.30. The van der Waals surface area contributed by atoms with Crippen LogP contribution in [0.15, 0.2) is 24.5 Å². The third-order valence-corrected chi connectivity index (χ3v) is 4.63. The van der Waals surface area contributed by atoms with Crippen molar-refractivity contribution in [2.75, 3.05) is 13.1 Å². The Labute approximate surface area is 128 Å². The Morgan fingerprint density at radius 3 is 2.86 bits per heavy atom. The molecule has 1 saturated heterocycles. The summed E-state index contributed by atoms with van der Waals surface area (Å²) >= 11 is 0.